The first-order chi connectivity index (χ1) is 16.9. The van der Waals surface area contributed by atoms with Crippen molar-refractivity contribution in [3.05, 3.63) is 101 Å². The normalized spacial score (nSPS) is 15.6. The molecule has 3 aromatic carbocycles. The van der Waals surface area contributed by atoms with E-state index in [2.05, 4.69) is 0 Å². The lowest BCUT2D eigenvalue weighted by atomic mass is 10.0. The second-order valence-corrected chi connectivity index (χ2v) is 10.3. The van der Waals surface area contributed by atoms with Crippen LogP contribution in [0.3, 0.4) is 0 Å². The van der Waals surface area contributed by atoms with E-state index in [9.17, 15) is 22.8 Å². The van der Waals surface area contributed by atoms with Crippen molar-refractivity contribution in [1.82, 2.24) is 9.21 Å². The fraction of sp³-hybridized carbons (Fsp3) is 0.192. The molecule has 0 aliphatic carbocycles. The number of carbonyl (C=O) groups is 3. The van der Waals surface area contributed by atoms with Crippen molar-refractivity contribution in [3.8, 4) is 0 Å². The Morgan fingerprint density at radius 1 is 0.829 bits per heavy atom. The van der Waals surface area contributed by atoms with Crippen molar-refractivity contribution in [1.29, 1.82) is 0 Å². The smallest absolute Gasteiger partial charge is 0.338 e. The number of esters is 1. The quantitative estimate of drug-likeness (QED) is 0.389. The highest BCUT2D eigenvalue weighted by Gasteiger charge is 2.35. The van der Waals surface area contributed by atoms with Gasteiger partial charge in [0.15, 0.2) is 0 Å². The third-order valence-corrected chi connectivity index (χ3v) is 8.11. The Hall–Kier alpha value is -3.82. The van der Waals surface area contributed by atoms with Crippen molar-refractivity contribution >= 4 is 27.8 Å². The molecule has 0 saturated carbocycles. The van der Waals surface area contributed by atoms with Crippen LogP contribution in [0.25, 0.3) is 0 Å². The van der Waals surface area contributed by atoms with Gasteiger partial charge in [-0.15, -0.1) is 0 Å². The number of carbonyl (C=O) groups excluding carboxylic acids is 3. The number of ether oxygens (including phenoxy) is 1. The van der Waals surface area contributed by atoms with Gasteiger partial charge in [0.25, 0.3) is 11.8 Å². The van der Waals surface area contributed by atoms with Gasteiger partial charge in [0, 0.05) is 13.1 Å². The molecule has 178 valence electrons. The van der Waals surface area contributed by atoms with Crippen LogP contribution in [0.5, 0.6) is 0 Å². The number of hydrogen-bond acceptors (Lipinski definition) is 6. The maximum atomic E-state index is 13.1. The predicted molar refractivity (Wildman–Crippen MR) is 126 cm³/mol. The van der Waals surface area contributed by atoms with Gasteiger partial charge in [0.1, 0.15) is 6.61 Å². The van der Waals surface area contributed by atoms with Gasteiger partial charge in [-0.25, -0.2) is 13.2 Å². The van der Waals surface area contributed by atoms with Crippen LogP contribution in [0.1, 0.15) is 42.2 Å². The fourth-order valence-corrected chi connectivity index (χ4v) is 5.76. The van der Waals surface area contributed by atoms with Gasteiger partial charge < -0.3 is 4.74 Å². The average molecular weight is 491 g/mol. The second-order valence-electron chi connectivity index (χ2n) is 8.33. The van der Waals surface area contributed by atoms with Crippen molar-refractivity contribution in [2.75, 3.05) is 19.7 Å². The van der Waals surface area contributed by atoms with E-state index in [0.717, 1.165) is 16.0 Å². The molecule has 2 aliphatic heterocycles. The lowest BCUT2D eigenvalue weighted by Crippen LogP contribution is -2.35. The van der Waals surface area contributed by atoms with Gasteiger partial charge in [-0.3, -0.25) is 14.5 Å². The monoisotopic (exact) mass is 490 g/mol. The van der Waals surface area contributed by atoms with Crippen LogP contribution >= 0.6 is 0 Å². The lowest BCUT2D eigenvalue weighted by molar-refractivity contribution is 0.0420. The molecule has 0 aromatic heterocycles. The Balaban J connectivity index is 1.20. The van der Waals surface area contributed by atoms with E-state index in [0.29, 0.717) is 30.6 Å². The van der Waals surface area contributed by atoms with Crippen molar-refractivity contribution in [3.63, 3.8) is 0 Å². The molecular weight excluding hydrogens is 468 g/mol. The van der Waals surface area contributed by atoms with Gasteiger partial charge in [-0.1, -0.05) is 36.4 Å². The summed E-state index contributed by atoms with van der Waals surface area (Å²) in [4.78, 5) is 38.3. The van der Waals surface area contributed by atoms with Crippen LogP contribution in [0, 0.1) is 0 Å². The van der Waals surface area contributed by atoms with Crippen LogP contribution in [0.2, 0.25) is 0 Å². The van der Waals surface area contributed by atoms with Gasteiger partial charge >= 0.3 is 5.97 Å². The third-order valence-electron chi connectivity index (χ3n) is 6.25. The molecule has 0 spiro atoms. The summed E-state index contributed by atoms with van der Waals surface area (Å²) in [6.45, 7) is 0.458. The molecule has 0 atom stereocenters. The van der Waals surface area contributed by atoms with Gasteiger partial charge in [-0.2, -0.15) is 4.31 Å². The molecule has 8 nitrogen and oxygen atoms in total. The van der Waals surface area contributed by atoms with Gasteiger partial charge in [-0.05, 0) is 53.9 Å². The standard InChI is InChI=1S/C26H22N2O6S/c29-24-22-7-3-4-8-23(22)25(30)28(24)15-16-34-26(31)19-9-11-21(12-10-19)35(32,33)27-14-13-18-5-1-2-6-20(18)17-27/h1-12H,13-17H2. The summed E-state index contributed by atoms with van der Waals surface area (Å²) in [7, 11) is -3.71. The molecule has 3 aromatic rings. The minimum absolute atomic E-state index is 0.0685. The number of imide groups is 1. The van der Waals surface area contributed by atoms with E-state index in [1.165, 1.54) is 28.6 Å². The average Bonchev–Trinajstić information content (AvgIpc) is 3.13. The van der Waals surface area contributed by atoms with Crippen LogP contribution in [-0.4, -0.2) is 55.1 Å². The molecule has 0 radical (unpaired) electrons. The molecule has 2 heterocycles. The Labute approximate surface area is 202 Å². The van der Waals surface area contributed by atoms with Crippen molar-refractivity contribution in [2.45, 2.75) is 17.9 Å². The summed E-state index contributed by atoms with van der Waals surface area (Å²) < 4.78 is 32.8. The van der Waals surface area contributed by atoms with Crippen molar-refractivity contribution < 1.29 is 27.5 Å². The van der Waals surface area contributed by atoms with Gasteiger partial charge in [0.2, 0.25) is 10.0 Å². The number of benzene rings is 3. The zero-order valence-electron chi connectivity index (χ0n) is 18.7. The third kappa shape index (κ3) is 4.24. The highest BCUT2D eigenvalue weighted by molar-refractivity contribution is 7.89. The lowest BCUT2D eigenvalue weighted by Gasteiger charge is -2.28. The van der Waals surface area contributed by atoms with E-state index < -0.39 is 27.8 Å². The van der Waals surface area contributed by atoms with E-state index in [1.807, 2.05) is 24.3 Å². The largest absolute Gasteiger partial charge is 0.460 e. The number of amides is 2. The van der Waals surface area contributed by atoms with Gasteiger partial charge in [0.05, 0.1) is 28.1 Å². The van der Waals surface area contributed by atoms with E-state index in [-0.39, 0.29) is 23.6 Å². The highest BCUT2D eigenvalue weighted by atomic mass is 32.2. The molecule has 9 heteroatoms. The number of fused-ring (bicyclic) bond motifs is 2. The number of hydrogen-bond donors (Lipinski definition) is 0. The molecule has 2 aliphatic rings. The molecule has 5 rings (SSSR count). The first-order valence-corrected chi connectivity index (χ1v) is 12.6. The first kappa shape index (κ1) is 22.9. The molecule has 0 bridgehead atoms. The topological polar surface area (TPSA) is 101 Å². The molecule has 2 amide bonds. The summed E-state index contributed by atoms with van der Waals surface area (Å²) in [6.07, 6.45) is 0.646. The Morgan fingerprint density at radius 2 is 1.43 bits per heavy atom. The summed E-state index contributed by atoms with van der Waals surface area (Å²) in [5.41, 5.74) is 2.98. The zero-order valence-corrected chi connectivity index (χ0v) is 19.5. The number of rotatable bonds is 6. The predicted octanol–water partition coefficient (Wildman–Crippen LogP) is 2.89. The number of nitrogens with zero attached hydrogens (tertiary/aromatic N) is 2. The molecular formula is C26H22N2O6S. The van der Waals surface area contributed by atoms with E-state index >= 15 is 0 Å². The molecule has 0 N–H and O–H groups in total. The summed E-state index contributed by atoms with van der Waals surface area (Å²) in [5.74, 6) is -1.51. The van der Waals surface area contributed by atoms with Crippen LogP contribution < -0.4 is 0 Å². The minimum Gasteiger partial charge on any atom is -0.460 e. The Bertz CT molecular complexity index is 1400. The number of sulfonamides is 1. The minimum atomic E-state index is -3.71. The summed E-state index contributed by atoms with van der Waals surface area (Å²) in [5, 5.41) is 0. The van der Waals surface area contributed by atoms with E-state index in [1.54, 1.807) is 24.3 Å². The molecule has 0 unspecified atom stereocenters. The maximum Gasteiger partial charge on any atom is 0.338 e. The maximum absolute atomic E-state index is 13.1. The molecule has 0 fully saturated rings. The van der Waals surface area contributed by atoms with E-state index in [4.69, 9.17) is 4.74 Å². The first-order valence-electron chi connectivity index (χ1n) is 11.2. The second kappa shape index (κ2) is 9.09. The van der Waals surface area contributed by atoms with Crippen LogP contribution in [0.15, 0.2) is 77.7 Å². The SMILES string of the molecule is O=C(OCCN1C(=O)c2ccccc2C1=O)c1ccc(S(=O)(=O)N2CCc3ccccc3C2)cc1. The van der Waals surface area contributed by atoms with Crippen molar-refractivity contribution in [2.24, 2.45) is 0 Å². The van der Waals surface area contributed by atoms with Crippen LogP contribution in [0.4, 0.5) is 0 Å². The Kier molecular flexibility index (Phi) is 5.96. The molecule has 35 heavy (non-hydrogen) atoms. The summed E-state index contributed by atoms with van der Waals surface area (Å²) in [6, 6.07) is 19.9. The highest BCUT2D eigenvalue weighted by Crippen LogP contribution is 2.25. The molecule has 0 saturated heterocycles. The summed E-state index contributed by atoms with van der Waals surface area (Å²) >= 11 is 0. The van der Waals surface area contributed by atoms with Crippen LogP contribution in [-0.2, 0) is 27.7 Å². The zero-order chi connectivity index (χ0) is 24.6. The Morgan fingerprint density at radius 3 is 2.09 bits per heavy atom. The fourth-order valence-electron chi connectivity index (χ4n) is 4.34.